The van der Waals surface area contributed by atoms with Gasteiger partial charge in [0.15, 0.2) is 0 Å². The van der Waals surface area contributed by atoms with Crippen molar-refractivity contribution in [3.05, 3.63) is 35.1 Å². The van der Waals surface area contributed by atoms with E-state index < -0.39 is 0 Å². The number of hydrazine groups is 1. The molecular formula is C26H33FN6O2. The molecule has 1 aromatic carbocycles. The van der Waals surface area contributed by atoms with Gasteiger partial charge in [-0.1, -0.05) is 12.1 Å². The number of nitrogens with one attached hydrogen (secondary N) is 2. The number of carbonyl (C=O) groups is 2. The summed E-state index contributed by atoms with van der Waals surface area (Å²) in [6, 6.07) is 4.14. The summed E-state index contributed by atoms with van der Waals surface area (Å²) in [5.41, 5.74) is 5.11. The molecule has 35 heavy (non-hydrogen) atoms. The topological polar surface area (TPSA) is 98.5 Å². The van der Waals surface area contributed by atoms with E-state index in [0.29, 0.717) is 23.6 Å². The van der Waals surface area contributed by atoms with Crippen molar-refractivity contribution < 1.29 is 14.0 Å². The van der Waals surface area contributed by atoms with Crippen molar-refractivity contribution in [2.75, 3.05) is 13.6 Å². The summed E-state index contributed by atoms with van der Waals surface area (Å²) in [6.45, 7) is 4.44. The van der Waals surface area contributed by atoms with Crippen LogP contribution in [0.15, 0.2) is 33.2 Å². The van der Waals surface area contributed by atoms with Gasteiger partial charge in [-0.2, -0.15) is 0 Å². The van der Waals surface area contributed by atoms with E-state index >= 15 is 0 Å². The third-order valence-electron chi connectivity index (χ3n) is 8.63. The maximum Gasteiger partial charge on any atom is 0.267 e. The van der Waals surface area contributed by atoms with Gasteiger partial charge in [-0.05, 0) is 75.0 Å². The zero-order chi connectivity index (χ0) is 24.8. The van der Waals surface area contributed by atoms with E-state index in [4.69, 9.17) is 4.99 Å². The fraction of sp³-hybridized carbons (Fsp3) is 0.577. The lowest BCUT2D eigenvalue weighted by molar-refractivity contribution is -0.135. The smallest absolute Gasteiger partial charge is 0.267 e. The summed E-state index contributed by atoms with van der Waals surface area (Å²) < 4.78 is 13.5. The number of ketones is 1. The lowest BCUT2D eigenvalue weighted by Crippen LogP contribution is -2.49. The third kappa shape index (κ3) is 4.30. The second kappa shape index (κ2) is 8.93. The predicted octanol–water partition coefficient (Wildman–Crippen LogP) is 2.75. The second-order valence-corrected chi connectivity index (χ2v) is 10.7. The van der Waals surface area contributed by atoms with Crippen molar-refractivity contribution in [3.63, 3.8) is 0 Å². The number of amidine groups is 1. The summed E-state index contributed by atoms with van der Waals surface area (Å²) in [6.07, 6.45) is 7.45. The summed E-state index contributed by atoms with van der Waals surface area (Å²) in [7, 11) is 1.87. The van der Waals surface area contributed by atoms with Gasteiger partial charge < -0.3 is 10.7 Å². The van der Waals surface area contributed by atoms with E-state index in [0.717, 1.165) is 49.9 Å². The minimum Gasteiger partial charge on any atom is -0.347 e. The van der Waals surface area contributed by atoms with E-state index in [-0.39, 0.29) is 41.2 Å². The Morgan fingerprint density at radius 1 is 1.23 bits per heavy atom. The molecule has 2 aliphatic heterocycles. The quantitative estimate of drug-likeness (QED) is 0.654. The van der Waals surface area contributed by atoms with Crippen molar-refractivity contribution in [1.82, 2.24) is 15.8 Å². The zero-order valence-corrected chi connectivity index (χ0v) is 20.6. The van der Waals surface area contributed by atoms with E-state index in [1.165, 1.54) is 12.4 Å². The summed E-state index contributed by atoms with van der Waals surface area (Å²) in [4.78, 5) is 39.0. The van der Waals surface area contributed by atoms with Crippen LogP contribution in [0.5, 0.6) is 0 Å². The van der Waals surface area contributed by atoms with Crippen LogP contribution in [-0.4, -0.2) is 60.3 Å². The zero-order valence-electron chi connectivity index (χ0n) is 20.6. The van der Waals surface area contributed by atoms with Crippen molar-refractivity contribution in [3.8, 4) is 0 Å². The van der Waals surface area contributed by atoms with Gasteiger partial charge >= 0.3 is 0 Å². The monoisotopic (exact) mass is 480 g/mol. The maximum absolute atomic E-state index is 13.5. The molecule has 0 spiro atoms. The number of Topliss-reactive ketones (excluding diaryl/α,β-unsaturated/α-hetero) is 1. The van der Waals surface area contributed by atoms with Gasteiger partial charge in [0.1, 0.15) is 41.6 Å². The fourth-order valence-corrected chi connectivity index (χ4v) is 6.10. The number of halogens is 1. The average molecular weight is 481 g/mol. The SMILES string of the molecule is CC(=O)C12CCC(CN=C3NN(C)C4C(C(=O)NCc5ccc(F)c(C)c5)=NC=NC34)(CC1)CC2. The van der Waals surface area contributed by atoms with Crippen molar-refractivity contribution in [1.29, 1.82) is 0 Å². The molecule has 9 heteroatoms. The predicted molar refractivity (Wildman–Crippen MR) is 133 cm³/mol. The highest BCUT2D eigenvalue weighted by atomic mass is 19.1. The van der Waals surface area contributed by atoms with Crippen LogP contribution in [0.2, 0.25) is 0 Å². The van der Waals surface area contributed by atoms with E-state index in [9.17, 15) is 14.0 Å². The van der Waals surface area contributed by atoms with E-state index in [1.54, 1.807) is 26.0 Å². The molecule has 6 rings (SSSR count). The van der Waals surface area contributed by atoms with Gasteiger partial charge in [-0.25, -0.2) is 14.4 Å². The van der Waals surface area contributed by atoms with Crippen molar-refractivity contribution in [2.24, 2.45) is 25.8 Å². The molecule has 186 valence electrons. The minimum absolute atomic E-state index is 0.0924. The molecule has 2 bridgehead atoms. The minimum atomic E-state index is -0.353. The van der Waals surface area contributed by atoms with E-state index in [2.05, 4.69) is 20.7 Å². The number of benzene rings is 1. The Morgan fingerprint density at radius 2 is 1.94 bits per heavy atom. The van der Waals surface area contributed by atoms with E-state index in [1.807, 2.05) is 12.1 Å². The van der Waals surface area contributed by atoms with Crippen LogP contribution in [-0.2, 0) is 16.1 Å². The molecule has 1 aromatic rings. The largest absolute Gasteiger partial charge is 0.347 e. The molecule has 1 saturated heterocycles. The molecule has 2 heterocycles. The Hall–Kier alpha value is -2.94. The Labute approximate surface area is 205 Å². The number of amides is 1. The van der Waals surface area contributed by atoms with Crippen LogP contribution >= 0.6 is 0 Å². The summed E-state index contributed by atoms with van der Waals surface area (Å²) in [5.74, 6) is 0.559. The normalized spacial score (nSPS) is 32.8. The molecule has 5 aliphatic rings. The second-order valence-electron chi connectivity index (χ2n) is 10.7. The molecule has 1 amide bonds. The Morgan fingerprint density at radius 3 is 2.60 bits per heavy atom. The highest BCUT2D eigenvalue weighted by Crippen LogP contribution is 2.57. The molecule has 8 nitrogen and oxygen atoms in total. The first-order chi connectivity index (χ1) is 16.7. The number of aliphatic imine (C=N–C) groups is 3. The molecule has 2 N–H and O–H groups in total. The van der Waals surface area contributed by atoms with Gasteiger partial charge in [0, 0.05) is 25.6 Å². The molecule has 3 saturated carbocycles. The number of hydrogen-bond acceptors (Lipinski definition) is 6. The summed E-state index contributed by atoms with van der Waals surface area (Å²) >= 11 is 0. The van der Waals surface area contributed by atoms with Gasteiger partial charge in [-0.3, -0.25) is 19.6 Å². The molecular weight excluding hydrogens is 447 g/mol. The van der Waals surface area contributed by atoms with Crippen LogP contribution in [0.25, 0.3) is 0 Å². The first-order valence-electron chi connectivity index (χ1n) is 12.4. The highest BCUT2D eigenvalue weighted by Gasteiger charge is 2.51. The molecule has 3 aliphatic carbocycles. The van der Waals surface area contributed by atoms with Gasteiger partial charge in [0.05, 0.1) is 0 Å². The number of carbonyl (C=O) groups excluding carboxylic acids is 2. The first-order valence-corrected chi connectivity index (χ1v) is 12.4. The standard InChI is InChI=1S/C26H33FN6O2/c1-16-12-18(4-5-19(16)27)13-28-24(35)21-22-20(30-15-31-21)23(32-33(22)3)29-14-25-6-9-26(10-7-25,11-8-25)17(2)34/h4-5,12,15,20,22H,6-11,13-14H2,1-3H3,(H,28,35)(H,29,32). The third-order valence-corrected chi connectivity index (χ3v) is 8.63. The number of rotatable bonds is 6. The molecule has 0 aromatic heterocycles. The Kier molecular flexibility index (Phi) is 6.07. The first kappa shape index (κ1) is 23.8. The molecule has 0 radical (unpaired) electrons. The molecule has 2 unspecified atom stereocenters. The number of fused-ring (bicyclic) bond motifs is 4. The van der Waals surface area contributed by atoms with Crippen LogP contribution in [0, 0.1) is 23.6 Å². The van der Waals surface area contributed by atoms with Crippen molar-refractivity contribution in [2.45, 2.75) is 71.0 Å². The number of aryl methyl sites for hydroxylation is 1. The highest BCUT2D eigenvalue weighted by molar-refractivity contribution is 6.43. The average Bonchev–Trinajstić information content (AvgIpc) is 3.20. The number of hydrogen-bond donors (Lipinski definition) is 2. The fourth-order valence-electron chi connectivity index (χ4n) is 6.10. The van der Waals surface area contributed by atoms with Crippen LogP contribution in [0.4, 0.5) is 4.39 Å². The maximum atomic E-state index is 13.5. The molecule has 2 atom stereocenters. The molecule has 4 fully saturated rings. The van der Waals surface area contributed by atoms with Gasteiger partial charge in [-0.15, -0.1) is 0 Å². The number of likely N-dealkylation sites (N-methyl/N-ethyl adjacent to an activating group) is 1. The van der Waals surface area contributed by atoms with Crippen LogP contribution in [0.1, 0.15) is 56.6 Å². The lowest BCUT2D eigenvalue weighted by atomic mass is 9.52. The Bertz CT molecular complexity index is 1120. The number of nitrogens with zero attached hydrogens (tertiary/aromatic N) is 4. The van der Waals surface area contributed by atoms with Gasteiger partial charge in [0.25, 0.3) is 5.91 Å². The van der Waals surface area contributed by atoms with Crippen LogP contribution < -0.4 is 10.7 Å². The van der Waals surface area contributed by atoms with Crippen LogP contribution in [0.3, 0.4) is 0 Å². The van der Waals surface area contributed by atoms with Crippen molar-refractivity contribution >= 4 is 29.6 Å². The van der Waals surface area contributed by atoms with Gasteiger partial charge in [0.2, 0.25) is 0 Å². The Balaban J connectivity index is 1.24. The summed E-state index contributed by atoms with van der Waals surface area (Å²) in [5, 5.41) is 4.75. The lowest BCUT2D eigenvalue weighted by Gasteiger charge is -2.52.